The second-order valence-corrected chi connectivity index (χ2v) is 6.84. The van der Waals surface area contributed by atoms with E-state index in [1.165, 1.54) is 0 Å². The summed E-state index contributed by atoms with van der Waals surface area (Å²) in [6.07, 6.45) is 0. The molecule has 0 aliphatic carbocycles. The number of H-pyrrole nitrogens is 1. The Labute approximate surface area is 150 Å². The van der Waals surface area contributed by atoms with Crippen molar-refractivity contribution in [2.45, 2.75) is 32.7 Å². The lowest BCUT2D eigenvalue weighted by atomic mass is 10.1. The van der Waals surface area contributed by atoms with E-state index in [4.69, 9.17) is 9.15 Å². The Morgan fingerprint density at radius 2 is 2.19 bits per heavy atom. The van der Waals surface area contributed by atoms with E-state index in [1.54, 1.807) is 4.90 Å². The first-order valence-electron chi connectivity index (χ1n) is 8.71. The lowest BCUT2D eigenvalue weighted by molar-refractivity contribution is -0.0109. The summed E-state index contributed by atoms with van der Waals surface area (Å²) in [6, 6.07) is 5.47. The molecule has 2 aromatic heterocycles. The monoisotopic (exact) mass is 355 g/mol. The molecule has 8 heteroatoms. The molecule has 3 aromatic rings. The van der Waals surface area contributed by atoms with Crippen LogP contribution in [0.5, 0.6) is 0 Å². The van der Waals surface area contributed by atoms with E-state index in [2.05, 4.69) is 20.4 Å². The molecule has 1 aliphatic heterocycles. The molecule has 1 fully saturated rings. The second-order valence-electron chi connectivity index (χ2n) is 6.84. The lowest BCUT2D eigenvalue weighted by Crippen LogP contribution is -2.43. The van der Waals surface area contributed by atoms with Crippen molar-refractivity contribution in [1.82, 2.24) is 25.3 Å². The fraction of sp³-hybridized carbons (Fsp3) is 0.444. The van der Waals surface area contributed by atoms with Crippen molar-refractivity contribution in [3.05, 3.63) is 41.2 Å². The highest BCUT2D eigenvalue weighted by Gasteiger charge is 2.35. The molecule has 26 heavy (non-hydrogen) atoms. The maximum atomic E-state index is 13.2. The van der Waals surface area contributed by atoms with Gasteiger partial charge in [-0.3, -0.25) is 9.89 Å². The molecule has 8 nitrogen and oxygen atoms in total. The van der Waals surface area contributed by atoms with Gasteiger partial charge in [0.15, 0.2) is 5.69 Å². The van der Waals surface area contributed by atoms with E-state index < -0.39 is 6.04 Å². The van der Waals surface area contributed by atoms with E-state index in [0.29, 0.717) is 37.2 Å². The fourth-order valence-corrected chi connectivity index (χ4v) is 3.09. The van der Waals surface area contributed by atoms with Crippen LogP contribution in [0.3, 0.4) is 0 Å². The largest absolute Gasteiger partial charge is 0.423 e. The molecule has 0 spiro atoms. The molecule has 1 atom stereocenters. The number of morpholine rings is 1. The Kier molecular flexibility index (Phi) is 4.20. The predicted octanol–water partition coefficient (Wildman–Crippen LogP) is 2.59. The van der Waals surface area contributed by atoms with Crippen molar-refractivity contribution in [1.29, 1.82) is 0 Å². The van der Waals surface area contributed by atoms with Crippen LogP contribution in [-0.2, 0) is 4.74 Å². The number of aromatic nitrogens is 4. The maximum Gasteiger partial charge on any atom is 0.275 e. The van der Waals surface area contributed by atoms with Crippen LogP contribution < -0.4 is 0 Å². The van der Waals surface area contributed by atoms with Crippen LogP contribution in [0.25, 0.3) is 10.9 Å². The van der Waals surface area contributed by atoms with Crippen molar-refractivity contribution in [2.24, 2.45) is 0 Å². The number of hydrogen-bond acceptors (Lipinski definition) is 6. The topological polar surface area (TPSA) is 97.1 Å². The van der Waals surface area contributed by atoms with Crippen LogP contribution in [-0.4, -0.2) is 51.0 Å². The highest BCUT2D eigenvalue weighted by molar-refractivity contribution is 6.05. The summed E-state index contributed by atoms with van der Waals surface area (Å²) in [7, 11) is 0. The zero-order valence-corrected chi connectivity index (χ0v) is 15.0. The number of nitrogens with zero attached hydrogens (tertiary/aromatic N) is 4. The third-order valence-electron chi connectivity index (χ3n) is 4.55. The van der Waals surface area contributed by atoms with Crippen molar-refractivity contribution < 1.29 is 13.9 Å². The van der Waals surface area contributed by atoms with Crippen LogP contribution in [0, 0.1) is 6.92 Å². The number of benzene rings is 1. The molecule has 1 saturated heterocycles. The highest BCUT2D eigenvalue weighted by Crippen LogP contribution is 2.28. The summed E-state index contributed by atoms with van der Waals surface area (Å²) >= 11 is 0. The molecule has 1 amide bonds. The molecular formula is C18H21N5O3. The number of carbonyl (C=O) groups is 1. The first kappa shape index (κ1) is 16.7. The van der Waals surface area contributed by atoms with Gasteiger partial charge in [0.2, 0.25) is 11.8 Å². The standard InChI is InChI=1S/C18H21N5O3/c1-10(2)16-21-22-17(26-16)14-9-25-7-6-23(14)18(24)15-12-8-11(3)4-5-13(12)19-20-15/h4-5,8,10,14H,6-7,9H2,1-3H3,(H,19,20). The van der Waals surface area contributed by atoms with Crippen LogP contribution in [0.2, 0.25) is 0 Å². The third-order valence-corrected chi connectivity index (χ3v) is 4.55. The van der Waals surface area contributed by atoms with Gasteiger partial charge in [0.05, 0.1) is 18.7 Å². The minimum atomic E-state index is -0.409. The van der Waals surface area contributed by atoms with E-state index in [-0.39, 0.29) is 11.8 Å². The Morgan fingerprint density at radius 1 is 1.35 bits per heavy atom. The molecular weight excluding hydrogens is 334 g/mol. The number of nitrogens with one attached hydrogen (secondary N) is 1. The number of carbonyl (C=O) groups excluding carboxylic acids is 1. The fourth-order valence-electron chi connectivity index (χ4n) is 3.09. The smallest absolute Gasteiger partial charge is 0.275 e. The zero-order chi connectivity index (χ0) is 18.3. The van der Waals surface area contributed by atoms with Gasteiger partial charge in [-0.05, 0) is 19.1 Å². The number of amides is 1. The Balaban J connectivity index is 1.68. The average molecular weight is 355 g/mol. The van der Waals surface area contributed by atoms with Crippen LogP contribution in [0.4, 0.5) is 0 Å². The maximum absolute atomic E-state index is 13.2. The van der Waals surface area contributed by atoms with Crippen molar-refractivity contribution in [3.63, 3.8) is 0 Å². The van der Waals surface area contributed by atoms with Crippen LogP contribution in [0.15, 0.2) is 22.6 Å². The molecule has 4 rings (SSSR count). The van der Waals surface area contributed by atoms with Crippen LogP contribution >= 0.6 is 0 Å². The number of ether oxygens (including phenoxy) is 1. The summed E-state index contributed by atoms with van der Waals surface area (Å²) < 4.78 is 11.3. The number of aromatic amines is 1. The van der Waals surface area contributed by atoms with Crippen molar-refractivity contribution in [3.8, 4) is 0 Å². The van der Waals surface area contributed by atoms with Crippen LogP contribution in [0.1, 0.15) is 53.6 Å². The first-order chi connectivity index (χ1) is 12.5. The molecule has 0 bridgehead atoms. The average Bonchev–Trinajstić information content (AvgIpc) is 3.28. The Morgan fingerprint density at radius 3 is 2.96 bits per heavy atom. The molecule has 1 N–H and O–H groups in total. The van der Waals surface area contributed by atoms with Crippen molar-refractivity contribution in [2.75, 3.05) is 19.8 Å². The molecule has 0 saturated carbocycles. The van der Waals surface area contributed by atoms with E-state index in [9.17, 15) is 4.79 Å². The molecule has 1 aliphatic rings. The second kappa shape index (κ2) is 6.53. The highest BCUT2D eigenvalue weighted by atomic mass is 16.5. The third kappa shape index (κ3) is 2.86. The number of hydrogen-bond donors (Lipinski definition) is 1. The molecule has 3 heterocycles. The normalized spacial score (nSPS) is 18.0. The van der Waals surface area contributed by atoms with Gasteiger partial charge in [0, 0.05) is 17.8 Å². The minimum absolute atomic E-state index is 0.128. The summed E-state index contributed by atoms with van der Waals surface area (Å²) in [5.74, 6) is 0.916. The Bertz CT molecular complexity index is 945. The van der Waals surface area contributed by atoms with Gasteiger partial charge in [-0.15, -0.1) is 10.2 Å². The number of rotatable bonds is 3. The Hall–Kier alpha value is -2.74. The zero-order valence-electron chi connectivity index (χ0n) is 15.0. The van der Waals surface area contributed by atoms with Gasteiger partial charge in [0.1, 0.15) is 6.04 Å². The van der Waals surface area contributed by atoms with E-state index in [1.807, 2.05) is 39.0 Å². The summed E-state index contributed by atoms with van der Waals surface area (Å²) in [5.41, 5.74) is 2.31. The van der Waals surface area contributed by atoms with Gasteiger partial charge in [0.25, 0.3) is 5.91 Å². The van der Waals surface area contributed by atoms with Crippen molar-refractivity contribution >= 4 is 16.8 Å². The number of fused-ring (bicyclic) bond motifs is 1. The predicted molar refractivity (Wildman–Crippen MR) is 93.8 cm³/mol. The SMILES string of the molecule is Cc1ccc2[nH]nc(C(=O)N3CCOCC3c3nnc(C(C)C)o3)c2c1. The van der Waals surface area contributed by atoms with Gasteiger partial charge in [-0.1, -0.05) is 25.5 Å². The number of aryl methyl sites for hydroxylation is 1. The van der Waals surface area contributed by atoms with E-state index >= 15 is 0 Å². The van der Waals surface area contributed by atoms with Gasteiger partial charge >= 0.3 is 0 Å². The molecule has 0 radical (unpaired) electrons. The van der Waals surface area contributed by atoms with Gasteiger partial charge in [-0.25, -0.2) is 0 Å². The van der Waals surface area contributed by atoms with Gasteiger partial charge in [-0.2, -0.15) is 5.10 Å². The van der Waals surface area contributed by atoms with E-state index in [0.717, 1.165) is 16.5 Å². The summed E-state index contributed by atoms with van der Waals surface area (Å²) in [4.78, 5) is 14.9. The molecule has 1 aromatic carbocycles. The summed E-state index contributed by atoms with van der Waals surface area (Å²) in [6.45, 7) is 7.19. The minimum Gasteiger partial charge on any atom is -0.423 e. The first-order valence-corrected chi connectivity index (χ1v) is 8.71. The van der Waals surface area contributed by atoms with Gasteiger partial charge < -0.3 is 14.1 Å². The quantitative estimate of drug-likeness (QED) is 0.775. The lowest BCUT2D eigenvalue weighted by Gasteiger charge is -2.32. The summed E-state index contributed by atoms with van der Waals surface area (Å²) in [5, 5.41) is 16.2. The molecule has 136 valence electrons. The molecule has 1 unspecified atom stereocenters.